The van der Waals surface area contributed by atoms with Crippen LogP contribution in [0.5, 0.6) is 5.88 Å². The standard InChI is InChI=1S/C18H20N2O4S/c1-14-6-5-9-17(19-14)24-15-12-20(13-15)18(21)10-11-25(22,23)16-7-3-2-4-8-16/h2-9,15H,10-13H2,1H3. The molecule has 1 amide bonds. The highest BCUT2D eigenvalue weighted by Crippen LogP contribution is 2.18. The molecule has 0 saturated carbocycles. The minimum atomic E-state index is -3.43. The number of carbonyl (C=O) groups is 1. The van der Waals surface area contributed by atoms with Crippen LogP contribution in [-0.2, 0) is 14.6 Å². The van der Waals surface area contributed by atoms with Crippen LogP contribution in [0.2, 0.25) is 0 Å². The van der Waals surface area contributed by atoms with Gasteiger partial charge in [0.25, 0.3) is 0 Å². The molecule has 0 unspecified atom stereocenters. The van der Waals surface area contributed by atoms with Crippen LogP contribution < -0.4 is 4.74 Å². The normalized spacial score (nSPS) is 14.8. The highest BCUT2D eigenvalue weighted by Gasteiger charge is 2.33. The molecular formula is C18H20N2O4S. The van der Waals surface area contributed by atoms with Crippen molar-refractivity contribution in [2.45, 2.75) is 24.3 Å². The van der Waals surface area contributed by atoms with E-state index in [2.05, 4.69) is 4.98 Å². The molecule has 0 aliphatic carbocycles. The predicted octanol–water partition coefficient (Wildman–Crippen LogP) is 1.84. The number of sulfone groups is 1. The number of aryl methyl sites for hydroxylation is 1. The summed E-state index contributed by atoms with van der Waals surface area (Å²) >= 11 is 0. The molecule has 0 N–H and O–H groups in total. The first-order valence-electron chi connectivity index (χ1n) is 8.10. The Balaban J connectivity index is 1.46. The summed E-state index contributed by atoms with van der Waals surface area (Å²) in [7, 11) is -3.43. The molecular weight excluding hydrogens is 340 g/mol. The summed E-state index contributed by atoms with van der Waals surface area (Å²) in [5.74, 6) is 0.192. The number of pyridine rings is 1. The molecule has 0 bridgehead atoms. The van der Waals surface area contributed by atoms with Gasteiger partial charge in [-0.05, 0) is 25.1 Å². The van der Waals surface area contributed by atoms with Gasteiger partial charge in [0.1, 0.15) is 6.10 Å². The minimum absolute atomic E-state index is 0.0212. The summed E-state index contributed by atoms with van der Waals surface area (Å²) in [4.78, 5) is 18.3. The van der Waals surface area contributed by atoms with Crippen molar-refractivity contribution in [3.8, 4) is 5.88 Å². The molecule has 1 fully saturated rings. The van der Waals surface area contributed by atoms with Crippen LogP contribution in [0.15, 0.2) is 53.4 Å². The van der Waals surface area contributed by atoms with E-state index in [-0.39, 0.29) is 29.1 Å². The summed E-state index contributed by atoms with van der Waals surface area (Å²) in [6, 6.07) is 13.7. The average Bonchev–Trinajstić information content (AvgIpc) is 2.56. The topological polar surface area (TPSA) is 76.6 Å². The van der Waals surface area contributed by atoms with E-state index in [0.717, 1.165) is 5.69 Å². The van der Waals surface area contributed by atoms with E-state index >= 15 is 0 Å². The second kappa shape index (κ2) is 7.23. The largest absolute Gasteiger partial charge is 0.471 e. The lowest BCUT2D eigenvalue weighted by Gasteiger charge is -2.38. The van der Waals surface area contributed by atoms with Gasteiger partial charge >= 0.3 is 0 Å². The number of hydrogen-bond donors (Lipinski definition) is 0. The van der Waals surface area contributed by atoms with Gasteiger partial charge in [-0.3, -0.25) is 4.79 Å². The molecule has 6 nitrogen and oxygen atoms in total. The summed E-state index contributed by atoms with van der Waals surface area (Å²) in [5.41, 5.74) is 0.871. The zero-order valence-corrected chi connectivity index (χ0v) is 14.8. The van der Waals surface area contributed by atoms with E-state index in [1.54, 1.807) is 41.3 Å². The Kier molecular flexibility index (Phi) is 5.03. The van der Waals surface area contributed by atoms with E-state index in [9.17, 15) is 13.2 Å². The van der Waals surface area contributed by atoms with Crippen molar-refractivity contribution in [3.63, 3.8) is 0 Å². The van der Waals surface area contributed by atoms with Gasteiger partial charge in [-0.2, -0.15) is 0 Å². The van der Waals surface area contributed by atoms with Gasteiger partial charge in [0.15, 0.2) is 9.84 Å². The smallest absolute Gasteiger partial charge is 0.223 e. The molecule has 1 aliphatic heterocycles. The maximum atomic E-state index is 12.2. The van der Waals surface area contributed by atoms with Crippen molar-refractivity contribution < 1.29 is 17.9 Å². The predicted molar refractivity (Wildman–Crippen MR) is 93.1 cm³/mol. The number of nitrogens with zero attached hydrogens (tertiary/aromatic N) is 2. The van der Waals surface area contributed by atoms with Gasteiger partial charge in [0.2, 0.25) is 11.8 Å². The fourth-order valence-corrected chi connectivity index (χ4v) is 3.85. The van der Waals surface area contributed by atoms with Crippen LogP contribution in [0, 0.1) is 6.92 Å². The Morgan fingerprint density at radius 3 is 2.56 bits per heavy atom. The maximum absolute atomic E-state index is 12.2. The first-order chi connectivity index (χ1) is 11.9. The van der Waals surface area contributed by atoms with E-state index in [1.165, 1.54) is 0 Å². The molecule has 2 heterocycles. The average molecular weight is 360 g/mol. The van der Waals surface area contributed by atoms with Gasteiger partial charge in [-0.15, -0.1) is 0 Å². The molecule has 1 aromatic heterocycles. The van der Waals surface area contributed by atoms with E-state index in [4.69, 9.17) is 4.74 Å². The monoisotopic (exact) mass is 360 g/mol. The molecule has 2 aromatic rings. The number of likely N-dealkylation sites (tertiary alicyclic amines) is 1. The number of benzene rings is 1. The zero-order valence-electron chi connectivity index (χ0n) is 14.0. The highest BCUT2D eigenvalue weighted by molar-refractivity contribution is 7.91. The molecule has 25 heavy (non-hydrogen) atoms. The number of amides is 1. The van der Waals surface area contributed by atoms with Crippen LogP contribution in [0.3, 0.4) is 0 Å². The minimum Gasteiger partial charge on any atom is -0.471 e. The van der Waals surface area contributed by atoms with Crippen LogP contribution in [0.4, 0.5) is 0 Å². The molecule has 0 radical (unpaired) electrons. The van der Waals surface area contributed by atoms with Gasteiger partial charge < -0.3 is 9.64 Å². The fraction of sp³-hybridized carbons (Fsp3) is 0.333. The van der Waals surface area contributed by atoms with Crippen molar-refractivity contribution in [2.75, 3.05) is 18.8 Å². The van der Waals surface area contributed by atoms with E-state index in [0.29, 0.717) is 19.0 Å². The zero-order chi connectivity index (χ0) is 17.9. The first-order valence-corrected chi connectivity index (χ1v) is 9.75. The second-order valence-electron chi connectivity index (χ2n) is 6.04. The Morgan fingerprint density at radius 1 is 1.16 bits per heavy atom. The van der Waals surface area contributed by atoms with Crippen molar-refractivity contribution in [1.82, 2.24) is 9.88 Å². The first kappa shape index (κ1) is 17.4. The number of carbonyl (C=O) groups excluding carboxylic acids is 1. The molecule has 1 saturated heterocycles. The summed E-state index contributed by atoms with van der Waals surface area (Å²) in [5, 5.41) is 0. The Labute approximate surface area is 147 Å². The van der Waals surface area contributed by atoms with Crippen molar-refractivity contribution in [1.29, 1.82) is 0 Å². The summed E-state index contributed by atoms with van der Waals surface area (Å²) < 4.78 is 30.1. The van der Waals surface area contributed by atoms with Crippen LogP contribution in [-0.4, -0.2) is 49.2 Å². The summed E-state index contributed by atoms with van der Waals surface area (Å²) in [6.07, 6.45) is -0.115. The lowest BCUT2D eigenvalue weighted by molar-refractivity contribution is -0.139. The number of rotatable bonds is 6. The second-order valence-corrected chi connectivity index (χ2v) is 8.15. The maximum Gasteiger partial charge on any atom is 0.223 e. The Hall–Kier alpha value is -2.41. The highest BCUT2D eigenvalue weighted by atomic mass is 32.2. The third-order valence-corrected chi connectivity index (χ3v) is 5.77. The van der Waals surface area contributed by atoms with Crippen molar-refractivity contribution in [2.24, 2.45) is 0 Å². The van der Waals surface area contributed by atoms with Gasteiger partial charge in [0.05, 0.1) is 23.7 Å². The lowest BCUT2D eigenvalue weighted by Crippen LogP contribution is -2.56. The van der Waals surface area contributed by atoms with E-state index in [1.807, 2.05) is 19.1 Å². The van der Waals surface area contributed by atoms with Gasteiger partial charge in [-0.1, -0.05) is 24.3 Å². The van der Waals surface area contributed by atoms with Crippen molar-refractivity contribution in [3.05, 3.63) is 54.2 Å². The van der Waals surface area contributed by atoms with Crippen LogP contribution in [0.1, 0.15) is 12.1 Å². The third-order valence-electron chi connectivity index (χ3n) is 4.04. The SMILES string of the molecule is Cc1cccc(OC2CN(C(=O)CCS(=O)(=O)c3ccccc3)C2)n1. The molecule has 7 heteroatoms. The molecule has 3 rings (SSSR count). The molecule has 132 valence electrons. The Morgan fingerprint density at radius 2 is 1.88 bits per heavy atom. The third kappa shape index (κ3) is 4.36. The quantitative estimate of drug-likeness (QED) is 0.786. The van der Waals surface area contributed by atoms with Crippen LogP contribution in [0.25, 0.3) is 0 Å². The van der Waals surface area contributed by atoms with Crippen LogP contribution >= 0.6 is 0 Å². The van der Waals surface area contributed by atoms with Crippen molar-refractivity contribution >= 4 is 15.7 Å². The number of aromatic nitrogens is 1. The molecule has 1 aromatic carbocycles. The molecule has 1 aliphatic rings. The lowest BCUT2D eigenvalue weighted by atomic mass is 10.1. The fourth-order valence-electron chi connectivity index (χ4n) is 2.60. The van der Waals surface area contributed by atoms with E-state index < -0.39 is 9.84 Å². The van der Waals surface area contributed by atoms with Gasteiger partial charge in [0, 0.05) is 18.2 Å². The molecule has 0 atom stereocenters. The summed E-state index contributed by atoms with van der Waals surface area (Å²) in [6.45, 7) is 2.80. The molecule has 0 spiro atoms. The number of hydrogen-bond acceptors (Lipinski definition) is 5. The van der Waals surface area contributed by atoms with Gasteiger partial charge in [-0.25, -0.2) is 13.4 Å². The Bertz CT molecular complexity index is 846. The number of ether oxygens (including phenoxy) is 1.